The van der Waals surface area contributed by atoms with Crippen molar-refractivity contribution >= 4 is 11.9 Å². The lowest BCUT2D eigenvalue weighted by Gasteiger charge is -2.41. The molecule has 0 aromatic heterocycles. The Balaban J connectivity index is 3.12. The van der Waals surface area contributed by atoms with Crippen LogP contribution in [0.2, 0.25) is 0 Å². The van der Waals surface area contributed by atoms with Crippen LogP contribution in [0.15, 0.2) is 4.99 Å². The molecule has 1 rings (SSSR count). The van der Waals surface area contributed by atoms with Gasteiger partial charge in [-0.2, -0.15) is 4.99 Å². The van der Waals surface area contributed by atoms with Crippen molar-refractivity contribution < 1.29 is 9.53 Å². The summed E-state index contributed by atoms with van der Waals surface area (Å²) in [4.78, 5) is 17.6. The van der Waals surface area contributed by atoms with E-state index in [1.165, 1.54) is 0 Å². The molecule has 1 atom stereocenters. The van der Waals surface area contributed by atoms with Crippen molar-refractivity contribution in [1.82, 2.24) is 4.90 Å². The molecule has 0 radical (unpaired) electrons. The number of carbonyl (C=O) groups is 1. The minimum atomic E-state index is -0.587. The summed E-state index contributed by atoms with van der Waals surface area (Å²) in [5.74, 6) is 0.909. The third kappa shape index (κ3) is 2.29. The van der Waals surface area contributed by atoms with Crippen molar-refractivity contribution in [1.29, 1.82) is 0 Å². The Kier molecular flexibility index (Phi) is 4.14. The number of rotatable bonds is 5. The van der Waals surface area contributed by atoms with E-state index in [9.17, 15) is 4.79 Å². The summed E-state index contributed by atoms with van der Waals surface area (Å²) in [5, 5.41) is 0. The van der Waals surface area contributed by atoms with Crippen LogP contribution >= 0.6 is 0 Å². The van der Waals surface area contributed by atoms with Crippen LogP contribution < -0.4 is 5.73 Å². The molecule has 1 aliphatic rings. The van der Waals surface area contributed by atoms with Gasteiger partial charge in [-0.3, -0.25) is 0 Å². The van der Waals surface area contributed by atoms with Crippen LogP contribution in [0.4, 0.5) is 4.79 Å². The average Bonchev–Trinajstić information content (AvgIpc) is 2.42. The molecule has 0 aromatic rings. The summed E-state index contributed by atoms with van der Waals surface area (Å²) in [6.07, 6.45) is 0. The molecule has 1 heterocycles. The van der Waals surface area contributed by atoms with Gasteiger partial charge in [0, 0.05) is 13.7 Å². The Hall–Kier alpha value is -1.10. The first-order chi connectivity index (χ1) is 7.86. The number of nitrogens with zero attached hydrogens (tertiary/aromatic N) is 2. The van der Waals surface area contributed by atoms with E-state index in [2.05, 4.69) is 18.8 Å². The summed E-state index contributed by atoms with van der Waals surface area (Å²) < 4.78 is 5.27. The van der Waals surface area contributed by atoms with Crippen molar-refractivity contribution in [3.63, 3.8) is 0 Å². The van der Waals surface area contributed by atoms with Gasteiger partial charge in [-0.25, -0.2) is 4.79 Å². The van der Waals surface area contributed by atoms with Gasteiger partial charge in [0.1, 0.15) is 11.4 Å². The predicted molar refractivity (Wildman–Crippen MR) is 68.0 cm³/mol. The normalized spacial score (nSPS) is 25.0. The molecule has 0 aromatic carbocycles. The molecule has 0 aliphatic carbocycles. The monoisotopic (exact) mass is 241 g/mol. The maximum absolute atomic E-state index is 11.9. The molecule has 2 amide bonds. The molecule has 1 unspecified atom stereocenters. The predicted octanol–water partition coefficient (Wildman–Crippen LogP) is 1.48. The van der Waals surface area contributed by atoms with E-state index in [1.807, 2.05) is 13.8 Å². The van der Waals surface area contributed by atoms with E-state index in [0.29, 0.717) is 24.9 Å². The maximum atomic E-state index is 11.9. The quantitative estimate of drug-likeness (QED) is 0.792. The van der Waals surface area contributed by atoms with Gasteiger partial charge in [0.05, 0.1) is 6.61 Å². The lowest BCUT2D eigenvalue weighted by molar-refractivity contribution is 0.0504. The SMILES string of the molecule is COCC1(C(C)C)C(N)=NC(=O)N1CC(C)C. The van der Waals surface area contributed by atoms with E-state index < -0.39 is 5.54 Å². The van der Waals surface area contributed by atoms with Gasteiger partial charge >= 0.3 is 6.03 Å². The van der Waals surface area contributed by atoms with Crippen molar-refractivity contribution in [2.75, 3.05) is 20.3 Å². The molecule has 0 spiro atoms. The van der Waals surface area contributed by atoms with Gasteiger partial charge in [0.2, 0.25) is 0 Å². The van der Waals surface area contributed by atoms with Gasteiger partial charge in [0.15, 0.2) is 0 Å². The Morgan fingerprint density at radius 2 is 2.00 bits per heavy atom. The summed E-state index contributed by atoms with van der Waals surface area (Å²) in [5.41, 5.74) is 5.38. The molecule has 5 nitrogen and oxygen atoms in total. The number of amides is 2. The molecule has 0 bridgehead atoms. The van der Waals surface area contributed by atoms with Crippen LogP contribution in [0.5, 0.6) is 0 Å². The molecule has 5 heteroatoms. The third-order valence-corrected chi connectivity index (χ3v) is 3.24. The average molecular weight is 241 g/mol. The number of hydrogen-bond acceptors (Lipinski definition) is 3. The smallest absolute Gasteiger partial charge is 0.346 e. The summed E-state index contributed by atoms with van der Waals surface area (Å²) in [6.45, 7) is 9.24. The highest BCUT2D eigenvalue weighted by molar-refractivity contribution is 6.06. The second-order valence-corrected chi connectivity index (χ2v) is 5.30. The second kappa shape index (κ2) is 5.04. The first-order valence-corrected chi connectivity index (χ1v) is 6.01. The zero-order chi connectivity index (χ0) is 13.2. The van der Waals surface area contributed by atoms with Gasteiger partial charge in [-0.15, -0.1) is 0 Å². The molecule has 98 valence electrons. The number of amidine groups is 1. The zero-order valence-electron chi connectivity index (χ0n) is 11.4. The van der Waals surface area contributed by atoms with Crippen LogP contribution in [0.3, 0.4) is 0 Å². The fourth-order valence-corrected chi connectivity index (χ4v) is 2.32. The molecular formula is C12H23N3O2. The molecule has 0 saturated carbocycles. The minimum absolute atomic E-state index is 0.163. The first-order valence-electron chi connectivity index (χ1n) is 6.01. The zero-order valence-corrected chi connectivity index (χ0v) is 11.4. The third-order valence-electron chi connectivity index (χ3n) is 3.24. The Bertz CT molecular complexity index is 326. The van der Waals surface area contributed by atoms with E-state index in [1.54, 1.807) is 12.0 Å². The highest BCUT2D eigenvalue weighted by Gasteiger charge is 2.50. The van der Waals surface area contributed by atoms with Crippen LogP contribution in [0.1, 0.15) is 27.7 Å². The molecule has 1 aliphatic heterocycles. The summed E-state index contributed by atoms with van der Waals surface area (Å²) >= 11 is 0. The first kappa shape index (κ1) is 14.0. The number of hydrogen-bond donors (Lipinski definition) is 1. The Morgan fingerprint density at radius 3 is 2.41 bits per heavy atom. The minimum Gasteiger partial charge on any atom is -0.385 e. The van der Waals surface area contributed by atoms with Crippen LogP contribution in [0, 0.1) is 11.8 Å². The fraction of sp³-hybridized carbons (Fsp3) is 0.833. The summed E-state index contributed by atoms with van der Waals surface area (Å²) in [7, 11) is 1.62. The number of aliphatic imine (C=N–C) groups is 1. The van der Waals surface area contributed by atoms with Crippen molar-refractivity contribution in [2.45, 2.75) is 33.2 Å². The lowest BCUT2D eigenvalue weighted by atomic mass is 9.84. The van der Waals surface area contributed by atoms with Gasteiger partial charge in [0.25, 0.3) is 0 Å². The van der Waals surface area contributed by atoms with Crippen molar-refractivity contribution in [3.8, 4) is 0 Å². The largest absolute Gasteiger partial charge is 0.385 e. The molecule has 0 fully saturated rings. The number of methoxy groups -OCH3 is 1. The Labute approximate surface area is 103 Å². The maximum Gasteiger partial charge on any atom is 0.346 e. The Morgan fingerprint density at radius 1 is 1.41 bits per heavy atom. The molecule has 0 saturated heterocycles. The second-order valence-electron chi connectivity index (χ2n) is 5.30. The van der Waals surface area contributed by atoms with Crippen LogP contribution in [-0.4, -0.2) is 42.6 Å². The van der Waals surface area contributed by atoms with E-state index in [0.717, 1.165) is 0 Å². The summed E-state index contributed by atoms with van der Waals surface area (Å²) in [6, 6.07) is -0.248. The standard InChI is InChI=1S/C12H23N3O2/c1-8(2)6-15-11(16)14-10(13)12(15,7-17-5)9(3)4/h8-9H,6-7H2,1-5H3,(H2,13,14,16). The topological polar surface area (TPSA) is 67.9 Å². The van der Waals surface area contributed by atoms with Gasteiger partial charge in [-0.05, 0) is 11.8 Å². The van der Waals surface area contributed by atoms with Gasteiger partial charge in [-0.1, -0.05) is 27.7 Å². The number of ether oxygens (including phenoxy) is 1. The number of nitrogens with two attached hydrogens (primary N) is 1. The molecule has 2 N–H and O–H groups in total. The van der Waals surface area contributed by atoms with E-state index in [4.69, 9.17) is 10.5 Å². The van der Waals surface area contributed by atoms with Crippen LogP contribution in [-0.2, 0) is 4.74 Å². The fourth-order valence-electron chi connectivity index (χ4n) is 2.32. The highest BCUT2D eigenvalue weighted by atomic mass is 16.5. The number of carbonyl (C=O) groups excluding carboxylic acids is 1. The lowest BCUT2D eigenvalue weighted by Crippen LogP contribution is -2.61. The van der Waals surface area contributed by atoms with Crippen molar-refractivity contribution in [2.24, 2.45) is 22.6 Å². The molecule has 17 heavy (non-hydrogen) atoms. The highest BCUT2D eigenvalue weighted by Crippen LogP contribution is 2.32. The van der Waals surface area contributed by atoms with Crippen LogP contribution in [0.25, 0.3) is 0 Å². The number of urea groups is 1. The molecular weight excluding hydrogens is 218 g/mol. The van der Waals surface area contributed by atoms with E-state index >= 15 is 0 Å². The van der Waals surface area contributed by atoms with Crippen molar-refractivity contribution in [3.05, 3.63) is 0 Å². The van der Waals surface area contributed by atoms with Gasteiger partial charge < -0.3 is 15.4 Å². The van der Waals surface area contributed by atoms with E-state index in [-0.39, 0.29) is 11.9 Å².